The third-order valence-corrected chi connectivity index (χ3v) is 5.31. The van der Waals surface area contributed by atoms with Gasteiger partial charge in [0.2, 0.25) is 5.91 Å². The normalized spacial score (nSPS) is 18.5. The van der Waals surface area contributed by atoms with Crippen LogP contribution >= 0.6 is 0 Å². The summed E-state index contributed by atoms with van der Waals surface area (Å²) >= 11 is 0. The summed E-state index contributed by atoms with van der Waals surface area (Å²) in [5.74, 6) is 1.12. The molecule has 0 aliphatic carbocycles. The van der Waals surface area contributed by atoms with Gasteiger partial charge in [0.25, 0.3) is 5.56 Å². The number of morpholine rings is 1. The molecule has 0 aromatic carbocycles. The summed E-state index contributed by atoms with van der Waals surface area (Å²) in [6.45, 7) is 9.42. The van der Waals surface area contributed by atoms with E-state index in [4.69, 9.17) is 4.74 Å². The van der Waals surface area contributed by atoms with Gasteiger partial charge in [0.1, 0.15) is 6.61 Å². The number of amides is 1. The number of aryl methyl sites for hydroxylation is 2. The van der Waals surface area contributed by atoms with E-state index in [9.17, 15) is 9.59 Å². The minimum atomic E-state index is -0.0948. The standard InChI is InChI=1S/C19H26N6O3/c1-14-9-15(2)25(20-14)17-3-4-18(26)24(21-17)12-16-10-22(11-16)5-6-23-7-8-28-13-19(23)27/h3-4,9,16H,5-8,10-13H2,1-2H3. The smallest absolute Gasteiger partial charge is 0.266 e. The van der Waals surface area contributed by atoms with Crippen molar-refractivity contribution in [2.24, 2.45) is 5.92 Å². The van der Waals surface area contributed by atoms with Gasteiger partial charge in [0.05, 0.1) is 18.8 Å². The summed E-state index contributed by atoms with van der Waals surface area (Å²) in [6, 6.07) is 5.25. The Morgan fingerprint density at radius 2 is 1.96 bits per heavy atom. The second-order valence-electron chi connectivity index (χ2n) is 7.61. The summed E-state index contributed by atoms with van der Waals surface area (Å²) in [4.78, 5) is 28.1. The molecule has 0 saturated carbocycles. The molecule has 2 fully saturated rings. The van der Waals surface area contributed by atoms with Gasteiger partial charge in [-0.3, -0.25) is 9.59 Å². The molecule has 0 bridgehead atoms. The maximum Gasteiger partial charge on any atom is 0.266 e. The van der Waals surface area contributed by atoms with Crippen molar-refractivity contribution in [3.05, 3.63) is 39.9 Å². The third kappa shape index (κ3) is 4.00. The van der Waals surface area contributed by atoms with Gasteiger partial charge in [-0.15, -0.1) is 5.10 Å². The molecule has 4 rings (SSSR count). The van der Waals surface area contributed by atoms with E-state index in [-0.39, 0.29) is 18.1 Å². The van der Waals surface area contributed by atoms with E-state index in [0.29, 0.717) is 31.4 Å². The lowest BCUT2D eigenvalue weighted by Crippen LogP contribution is -2.53. The third-order valence-electron chi connectivity index (χ3n) is 5.31. The van der Waals surface area contributed by atoms with Crippen molar-refractivity contribution in [1.82, 2.24) is 29.4 Å². The number of carbonyl (C=O) groups excluding carboxylic acids is 1. The SMILES string of the molecule is Cc1cc(C)n(-c2ccc(=O)n(CC3CN(CCN4CCOCC4=O)C3)n2)n1. The van der Waals surface area contributed by atoms with E-state index in [1.54, 1.807) is 21.5 Å². The monoisotopic (exact) mass is 386 g/mol. The van der Waals surface area contributed by atoms with E-state index < -0.39 is 0 Å². The number of rotatable bonds is 6. The quantitative estimate of drug-likeness (QED) is 0.686. The average molecular weight is 386 g/mol. The predicted molar refractivity (Wildman–Crippen MR) is 102 cm³/mol. The Morgan fingerprint density at radius 3 is 2.68 bits per heavy atom. The highest BCUT2D eigenvalue weighted by Crippen LogP contribution is 2.17. The maximum absolute atomic E-state index is 12.2. The topological polar surface area (TPSA) is 85.5 Å². The highest BCUT2D eigenvalue weighted by atomic mass is 16.5. The molecule has 0 radical (unpaired) electrons. The average Bonchev–Trinajstić information content (AvgIpc) is 2.98. The van der Waals surface area contributed by atoms with Crippen LogP contribution in [-0.2, 0) is 16.1 Å². The van der Waals surface area contributed by atoms with Crippen LogP contribution in [0.25, 0.3) is 5.82 Å². The molecular weight excluding hydrogens is 360 g/mol. The Morgan fingerprint density at radius 1 is 1.14 bits per heavy atom. The Labute approximate surface area is 163 Å². The minimum absolute atomic E-state index is 0.0695. The van der Waals surface area contributed by atoms with Crippen LogP contribution in [-0.4, -0.2) is 81.2 Å². The van der Waals surface area contributed by atoms with Crippen LogP contribution in [0.3, 0.4) is 0 Å². The number of aromatic nitrogens is 4. The number of carbonyl (C=O) groups is 1. The van der Waals surface area contributed by atoms with Crippen molar-refractivity contribution in [3.63, 3.8) is 0 Å². The Balaban J connectivity index is 1.32. The number of hydrogen-bond donors (Lipinski definition) is 0. The van der Waals surface area contributed by atoms with Gasteiger partial charge in [-0.05, 0) is 26.0 Å². The number of likely N-dealkylation sites (tertiary alicyclic amines) is 1. The lowest BCUT2D eigenvalue weighted by Gasteiger charge is -2.40. The van der Waals surface area contributed by atoms with Crippen molar-refractivity contribution in [2.45, 2.75) is 20.4 Å². The first-order valence-corrected chi connectivity index (χ1v) is 9.69. The second-order valence-corrected chi connectivity index (χ2v) is 7.61. The molecule has 2 aliphatic heterocycles. The summed E-state index contributed by atoms with van der Waals surface area (Å²) in [5.41, 5.74) is 1.82. The molecule has 9 nitrogen and oxygen atoms in total. The molecule has 150 valence electrons. The lowest BCUT2D eigenvalue weighted by molar-refractivity contribution is -0.143. The van der Waals surface area contributed by atoms with Gasteiger partial charge in [0, 0.05) is 50.4 Å². The fourth-order valence-corrected chi connectivity index (χ4v) is 3.81. The second kappa shape index (κ2) is 7.84. The van der Waals surface area contributed by atoms with E-state index in [1.165, 1.54) is 0 Å². The molecule has 2 aliphatic rings. The first-order valence-electron chi connectivity index (χ1n) is 9.69. The molecule has 0 N–H and O–H groups in total. The van der Waals surface area contributed by atoms with E-state index >= 15 is 0 Å². The summed E-state index contributed by atoms with van der Waals surface area (Å²) < 4.78 is 8.46. The summed E-state index contributed by atoms with van der Waals surface area (Å²) in [6.07, 6.45) is 0. The fraction of sp³-hybridized carbons (Fsp3) is 0.579. The van der Waals surface area contributed by atoms with E-state index in [1.807, 2.05) is 24.8 Å². The highest BCUT2D eigenvalue weighted by molar-refractivity contribution is 5.77. The number of ether oxygens (including phenoxy) is 1. The molecule has 0 unspecified atom stereocenters. The van der Waals surface area contributed by atoms with Crippen LogP contribution in [0.15, 0.2) is 23.0 Å². The van der Waals surface area contributed by atoms with Crippen molar-refractivity contribution in [1.29, 1.82) is 0 Å². The maximum atomic E-state index is 12.2. The molecule has 1 amide bonds. The predicted octanol–water partition coefficient (Wildman–Crippen LogP) is -0.164. The number of hydrogen-bond acceptors (Lipinski definition) is 6. The van der Waals surface area contributed by atoms with Crippen LogP contribution in [0, 0.1) is 19.8 Å². The van der Waals surface area contributed by atoms with Crippen molar-refractivity contribution in [3.8, 4) is 5.82 Å². The Hall–Kier alpha value is -2.52. The Kier molecular flexibility index (Phi) is 5.27. The minimum Gasteiger partial charge on any atom is -0.370 e. The van der Waals surface area contributed by atoms with Crippen LogP contribution in [0.4, 0.5) is 0 Å². The molecule has 0 atom stereocenters. The zero-order valence-electron chi connectivity index (χ0n) is 16.4. The van der Waals surface area contributed by atoms with Crippen molar-refractivity contribution in [2.75, 3.05) is 45.9 Å². The molecule has 28 heavy (non-hydrogen) atoms. The summed E-state index contributed by atoms with van der Waals surface area (Å²) in [5, 5.41) is 8.95. The molecule has 2 aromatic rings. The van der Waals surface area contributed by atoms with Gasteiger partial charge < -0.3 is 14.5 Å². The zero-order valence-corrected chi connectivity index (χ0v) is 16.4. The van der Waals surface area contributed by atoms with Crippen LogP contribution < -0.4 is 5.56 Å². The van der Waals surface area contributed by atoms with E-state index in [2.05, 4.69) is 15.1 Å². The Bertz CT molecular complexity index is 915. The molecule has 0 spiro atoms. The largest absolute Gasteiger partial charge is 0.370 e. The molecule has 4 heterocycles. The van der Waals surface area contributed by atoms with Gasteiger partial charge >= 0.3 is 0 Å². The van der Waals surface area contributed by atoms with Crippen LogP contribution in [0.5, 0.6) is 0 Å². The lowest BCUT2D eigenvalue weighted by atomic mass is 10.0. The number of nitrogens with zero attached hydrogens (tertiary/aromatic N) is 6. The van der Waals surface area contributed by atoms with Crippen LogP contribution in [0.1, 0.15) is 11.4 Å². The molecule has 9 heteroatoms. The zero-order chi connectivity index (χ0) is 19.7. The fourth-order valence-electron chi connectivity index (χ4n) is 3.81. The first kappa shape index (κ1) is 18.8. The van der Waals surface area contributed by atoms with Gasteiger partial charge in [-0.1, -0.05) is 0 Å². The van der Waals surface area contributed by atoms with Crippen LogP contribution in [0.2, 0.25) is 0 Å². The molecular formula is C19H26N6O3. The molecule has 2 saturated heterocycles. The van der Waals surface area contributed by atoms with Gasteiger partial charge in [-0.25, -0.2) is 9.36 Å². The van der Waals surface area contributed by atoms with Gasteiger partial charge in [0.15, 0.2) is 5.82 Å². The van der Waals surface area contributed by atoms with Crippen molar-refractivity contribution >= 4 is 5.91 Å². The van der Waals surface area contributed by atoms with Crippen molar-refractivity contribution < 1.29 is 9.53 Å². The van der Waals surface area contributed by atoms with E-state index in [0.717, 1.165) is 37.6 Å². The molecule has 2 aromatic heterocycles. The van der Waals surface area contributed by atoms with Gasteiger partial charge in [-0.2, -0.15) is 5.10 Å². The first-order chi connectivity index (χ1) is 13.5. The summed E-state index contributed by atoms with van der Waals surface area (Å²) in [7, 11) is 0. The highest BCUT2D eigenvalue weighted by Gasteiger charge is 2.28.